The number of hydrogen-bond donors (Lipinski definition) is 0. The van der Waals surface area contributed by atoms with Crippen molar-refractivity contribution in [2.75, 3.05) is 7.11 Å². The Kier molecular flexibility index (Phi) is 6.82. The Morgan fingerprint density at radius 3 is 2.94 bits per heavy atom. The fraction of sp³-hybridized carbons (Fsp3) is 0.769. The molecule has 0 radical (unpaired) electrons. The van der Waals surface area contributed by atoms with E-state index in [2.05, 4.69) is 27.6 Å². The Balaban J connectivity index is 2.13. The van der Waals surface area contributed by atoms with Gasteiger partial charge in [0, 0.05) is 0 Å². The summed E-state index contributed by atoms with van der Waals surface area (Å²) in [6, 6.07) is 0. The Morgan fingerprint density at radius 1 is 1.53 bits per heavy atom. The summed E-state index contributed by atoms with van der Waals surface area (Å²) in [6.07, 6.45) is 9.71. The summed E-state index contributed by atoms with van der Waals surface area (Å²) in [5.74, 6) is -0.211. The van der Waals surface area contributed by atoms with E-state index < -0.39 is 0 Å². The van der Waals surface area contributed by atoms with Gasteiger partial charge >= 0.3 is 5.97 Å². The van der Waals surface area contributed by atoms with Crippen LogP contribution in [-0.2, 0) is 14.3 Å². The van der Waals surface area contributed by atoms with Crippen LogP contribution in [0.15, 0.2) is 12.2 Å². The molecule has 1 rings (SSSR count). The van der Waals surface area contributed by atoms with E-state index in [4.69, 9.17) is 4.74 Å². The van der Waals surface area contributed by atoms with Gasteiger partial charge in [0.05, 0.1) is 24.5 Å². The lowest BCUT2D eigenvalue weighted by atomic mass is 10.1. The Labute approximate surface area is 112 Å². The monoisotopic (exact) mass is 304 g/mol. The summed E-state index contributed by atoms with van der Waals surface area (Å²) in [5, 5.41) is 0. The Morgan fingerprint density at radius 2 is 2.29 bits per heavy atom. The van der Waals surface area contributed by atoms with Gasteiger partial charge in [-0.2, -0.15) is 0 Å². The van der Waals surface area contributed by atoms with Crippen LogP contribution in [0.2, 0.25) is 0 Å². The molecule has 3 unspecified atom stereocenters. The molecule has 0 spiro atoms. The second-order valence-corrected chi connectivity index (χ2v) is 5.35. The van der Waals surface area contributed by atoms with Gasteiger partial charge < -0.3 is 9.47 Å². The average molecular weight is 305 g/mol. The van der Waals surface area contributed by atoms with E-state index in [1.54, 1.807) is 0 Å². The van der Waals surface area contributed by atoms with Crippen molar-refractivity contribution in [3.05, 3.63) is 12.2 Å². The molecule has 0 saturated carbocycles. The number of carbonyl (C=O) groups excluding carboxylic acids is 1. The van der Waals surface area contributed by atoms with E-state index in [0.717, 1.165) is 6.42 Å². The molecule has 0 aromatic carbocycles. The average Bonchev–Trinajstić information content (AvgIpc) is 3.08. The molecule has 0 aromatic rings. The lowest BCUT2D eigenvalue weighted by Crippen LogP contribution is -2.07. The number of ether oxygens (including phenoxy) is 2. The van der Waals surface area contributed by atoms with Crippen LogP contribution in [-0.4, -0.2) is 30.1 Å². The highest BCUT2D eigenvalue weighted by molar-refractivity contribution is 9.09. The first-order valence-corrected chi connectivity index (χ1v) is 7.13. The molecule has 0 aliphatic carbocycles. The summed E-state index contributed by atoms with van der Waals surface area (Å²) in [7, 11) is 1.40. The first-order valence-electron chi connectivity index (χ1n) is 6.22. The molecule has 0 aromatic heterocycles. The first kappa shape index (κ1) is 14.7. The van der Waals surface area contributed by atoms with E-state index in [9.17, 15) is 4.79 Å². The van der Waals surface area contributed by atoms with Gasteiger partial charge in [0.1, 0.15) is 6.10 Å². The van der Waals surface area contributed by atoms with Crippen LogP contribution < -0.4 is 0 Å². The van der Waals surface area contributed by atoms with Crippen molar-refractivity contribution >= 4 is 21.9 Å². The SMILES string of the molecule is CCCCCC1OC1C(Br)/C=C/CC(=O)OC. The van der Waals surface area contributed by atoms with Crippen LogP contribution in [0.25, 0.3) is 0 Å². The number of methoxy groups -OCH3 is 1. The quantitative estimate of drug-likeness (QED) is 0.227. The number of unbranched alkanes of at least 4 members (excludes halogenated alkanes) is 2. The van der Waals surface area contributed by atoms with Gasteiger partial charge in [-0.3, -0.25) is 4.79 Å². The van der Waals surface area contributed by atoms with Crippen LogP contribution in [0.4, 0.5) is 0 Å². The first-order chi connectivity index (χ1) is 8.19. The lowest BCUT2D eigenvalue weighted by molar-refractivity contribution is -0.139. The van der Waals surface area contributed by atoms with Gasteiger partial charge in [0.15, 0.2) is 0 Å². The van der Waals surface area contributed by atoms with E-state index >= 15 is 0 Å². The molecule has 1 aliphatic heterocycles. The van der Waals surface area contributed by atoms with Crippen LogP contribution in [0.1, 0.15) is 39.0 Å². The van der Waals surface area contributed by atoms with Gasteiger partial charge in [0.2, 0.25) is 0 Å². The second kappa shape index (κ2) is 7.88. The molecule has 0 amide bonds. The van der Waals surface area contributed by atoms with Crippen molar-refractivity contribution in [1.82, 2.24) is 0 Å². The number of esters is 1. The minimum atomic E-state index is -0.211. The van der Waals surface area contributed by atoms with Gasteiger partial charge in [0.25, 0.3) is 0 Å². The third-order valence-electron chi connectivity index (χ3n) is 2.86. The fourth-order valence-corrected chi connectivity index (χ4v) is 2.43. The third-order valence-corrected chi connectivity index (χ3v) is 3.69. The highest BCUT2D eigenvalue weighted by atomic mass is 79.9. The van der Waals surface area contributed by atoms with Crippen LogP contribution >= 0.6 is 15.9 Å². The van der Waals surface area contributed by atoms with E-state index in [1.165, 1.54) is 26.4 Å². The molecule has 0 N–H and O–H groups in total. The molecule has 4 heteroatoms. The van der Waals surface area contributed by atoms with Gasteiger partial charge in [-0.05, 0) is 6.42 Å². The lowest BCUT2D eigenvalue weighted by Gasteiger charge is -1.99. The van der Waals surface area contributed by atoms with Crippen molar-refractivity contribution in [3.8, 4) is 0 Å². The highest BCUT2D eigenvalue weighted by Gasteiger charge is 2.41. The molecule has 3 atom stereocenters. The number of hydrogen-bond acceptors (Lipinski definition) is 3. The molecule has 17 heavy (non-hydrogen) atoms. The molecule has 1 heterocycles. The Bertz CT molecular complexity index is 265. The maximum atomic E-state index is 10.9. The zero-order valence-electron chi connectivity index (χ0n) is 10.5. The third kappa shape index (κ3) is 5.68. The number of alkyl halides is 1. The molecule has 1 fully saturated rings. The van der Waals surface area contributed by atoms with Crippen molar-refractivity contribution in [2.24, 2.45) is 0 Å². The minimum Gasteiger partial charge on any atom is -0.469 e. The summed E-state index contributed by atoms with van der Waals surface area (Å²) in [5.41, 5.74) is 0. The summed E-state index contributed by atoms with van der Waals surface area (Å²) in [6.45, 7) is 2.20. The minimum absolute atomic E-state index is 0.207. The van der Waals surface area contributed by atoms with Crippen LogP contribution in [0.5, 0.6) is 0 Å². The zero-order chi connectivity index (χ0) is 12.7. The normalized spacial score (nSPS) is 24.9. The van der Waals surface area contributed by atoms with Gasteiger partial charge in [-0.25, -0.2) is 0 Å². The number of halogens is 1. The summed E-state index contributed by atoms with van der Waals surface area (Å²) >= 11 is 3.56. The maximum Gasteiger partial charge on any atom is 0.309 e. The molecule has 98 valence electrons. The van der Waals surface area contributed by atoms with Crippen LogP contribution in [0.3, 0.4) is 0 Å². The number of epoxide rings is 1. The van der Waals surface area contributed by atoms with Crippen molar-refractivity contribution < 1.29 is 14.3 Å². The topological polar surface area (TPSA) is 38.8 Å². The summed E-state index contributed by atoms with van der Waals surface area (Å²) in [4.78, 5) is 11.1. The zero-order valence-corrected chi connectivity index (χ0v) is 12.1. The van der Waals surface area contributed by atoms with E-state index in [0.29, 0.717) is 12.5 Å². The smallest absolute Gasteiger partial charge is 0.309 e. The van der Waals surface area contributed by atoms with Crippen molar-refractivity contribution in [2.45, 2.75) is 56.1 Å². The largest absolute Gasteiger partial charge is 0.469 e. The fourth-order valence-electron chi connectivity index (χ4n) is 1.75. The standard InChI is InChI=1S/C13H21BrO3/c1-3-4-5-8-11-13(17-11)10(14)7-6-9-12(15)16-2/h6-7,10-11,13H,3-5,8-9H2,1-2H3/b7-6+. The summed E-state index contributed by atoms with van der Waals surface area (Å²) < 4.78 is 10.2. The number of carbonyl (C=O) groups is 1. The van der Waals surface area contributed by atoms with Crippen LogP contribution in [0, 0.1) is 0 Å². The Hall–Kier alpha value is -0.350. The maximum absolute atomic E-state index is 10.9. The predicted octanol–water partition coefficient (Wildman–Crippen LogP) is 3.22. The second-order valence-electron chi connectivity index (χ2n) is 4.29. The highest BCUT2D eigenvalue weighted by Crippen LogP contribution is 2.34. The molecule has 0 bridgehead atoms. The molecule has 1 saturated heterocycles. The molecule has 3 nitrogen and oxygen atoms in total. The van der Waals surface area contributed by atoms with Crippen molar-refractivity contribution in [3.63, 3.8) is 0 Å². The van der Waals surface area contributed by atoms with E-state index in [-0.39, 0.29) is 16.9 Å². The molecular formula is C13H21BrO3. The predicted molar refractivity (Wildman–Crippen MR) is 71.3 cm³/mol. The van der Waals surface area contributed by atoms with E-state index in [1.807, 2.05) is 12.2 Å². The van der Waals surface area contributed by atoms with Crippen molar-refractivity contribution in [1.29, 1.82) is 0 Å². The molecular weight excluding hydrogens is 284 g/mol. The molecule has 1 aliphatic rings. The van der Waals surface area contributed by atoms with Gasteiger partial charge in [-0.1, -0.05) is 54.3 Å². The van der Waals surface area contributed by atoms with Gasteiger partial charge in [-0.15, -0.1) is 0 Å². The number of rotatable bonds is 8.